The second-order valence-electron chi connectivity index (χ2n) is 5.88. The van der Waals surface area contributed by atoms with Crippen molar-refractivity contribution < 1.29 is 9.18 Å². The van der Waals surface area contributed by atoms with Crippen molar-refractivity contribution >= 4 is 17.7 Å². The van der Waals surface area contributed by atoms with Crippen LogP contribution in [0.3, 0.4) is 0 Å². The molecule has 1 aromatic heterocycles. The Morgan fingerprint density at radius 1 is 1.33 bits per heavy atom. The van der Waals surface area contributed by atoms with Crippen LogP contribution in [0.2, 0.25) is 0 Å². The van der Waals surface area contributed by atoms with Gasteiger partial charge in [0, 0.05) is 11.6 Å². The minimum atomic E-state index is -0.364. The second kappa shape index (κ2) is 7.65. The Balaban J connectivity index is 1.59. The molecule has 3 rings (SSSR count). The molecule has 1 saturated carbocycles. The monoisotopic (exact) mass is 349 g/mol. The number of rotatable bonds is 5. The average molecular weight is 349 g/mol. The van der Waals surface area contributed by atoms with Crippen molar-refractivity contribution in [2.24, 2.45) is 0 Å². The number of halogens is 1. The second-order valence-corrected chi connectivity index (χ2v) is 6.82. The third-order valence-corrected chi connectivity index (χ3v) is 4.99. The fourth-order valence-corrected chi connectivity index (χ4v) is 3.51. The number of nitrogen functional groups attached to an aromatic ring is 1. The van der Waals surface area contributed by atoms with E-state index in [0.29, 0.717) is 16.5 Å². The van der Waals surface area contributed by atoms with Gasteiger partial charge < -0.3 is 11.2 Å². The number of nitrogens with two attached hydrogens (primary N) is 1. The van der Waals surface area contributed by atoms with E-state index in [9.17, 15) is 9.18 Å². The van der Waals surface area contributed by atoms with E-state index in [-0.39, 0.29) is 23.5 Å². The number of benzene rings is 1. The molecular weight excluding hydrogens is 329 g/mol. The predicted molar refractivity (Wildman–Crippen MR) is 91.3 cm³/mol. The van der Waals surface area contributed by atoms with Crippen molar-refractivity contribution in [3.8, 4) is 11.4 Å². The Kier molecular flexibility index (Phi) is 5.34. The molecule has 0 unspecified atom stereocenters. The van der Waals surface area contributed by atoms with Gasteiger partial charge in [0.15, 0.2) is 5.82 Å². The van der Waals surface area contributed by atoms with E-state index in [4.69, 9.17) is 5.84 Å². The van der Waals surface area contributed by atoms with Crippen LogP contribution in [0.5, 0.6) is 0 Å². The maximum absolute atomic E-state index is 13.3. The molecule has 6 nitrogen and oxygen atoms in total. The van der Waals surface area contributed by atoms with E-state index < -0.39 is 0 Å². The van der Waals surface area contributed by atoms with Crippen LogP contribution in [-0.2, 0) is 4.79 Å². The zero-order valence-corrected chi connectivity index (χ0v) is 14.1. The standard InChI is InChI=1S/C16H20FN5OS/c17-12-6-4-5-11(9-12)15-20-21-16(22(15)18)24-10-14(23)19-13-7-2-1-3-8-13/h4-6,9,13H,1-3,7-8,10,18H2,(H,19,23). The number of hydrogen-bond donors (Lipinski definition) is 2. The molecule has 1 aliphatic rings. The van der Waals surface area contributed by atoms with Crippen LogP contribution in [0, 0.1) is 5.82 Å². The Bertz CT molecular complexity index is 714. The molecule has 3 N–H and O–H groups in total. The van der Waals surface area contributed by atoms with Gasteiger partial charge in [0.1, 0.15) is 5.82 Å². The van der Waals surface area contributed by atoms with Crippen LogP contribution in [0.1, 0.15) is 32.1 Å². The quantitative estimate of drug-likeness (QED) is 0.639. The topological polar surface area (TPSA) is 85.8 Å². The molecule has 1 heterocycles. The van der Waals surface area contributed by atoms with E-state index in [2.05, 4.69) is 15.5 Å². The summed E-state index contributed by atoms with van der Waals surface area (Å²) in [6, 6.07) is 6.28. The van der Waals surface area contributed by atoms with E-state index in [1.165, 1.54) is 47.8 Å². The fraction of sp³-hybridized carbons (Fsp3) is 0.438. The zero-order valence-electron chi connectivity index (χ0n) is 13.2. The fourth-order valence-electron chi connectivity index (χ4n) is 2.85. The average Bonchev–Trinajstić information content (AvgIpc) is 2.95. The van der Waals surface area contributed by atoms with Gasteiger partial charge in [-0.2, -0.15) is 0 Å². The minimum Gasteiger partial charge on any atom is -0.353 e. The van der Waals surface area contributed by atoms with E-state index in [1.807, 2.05) is 0 Å². The van der Waals surface area contributed by atoms with Gasteiger partial charge >= 0.3 is 0 Å². The van der Waals surface area contributed by atoms with Crippen molar-refractivity contribution in [1.82, 2.24) is 20.2 Å². The molecule has 0 bridgehead atoms. The molecule has 8 heteroatoms. The molecule has 0 radical (unpaired) electrons. The molecule has 2 aromatic rings. The van der Waals surface area contributed by atoms with Crippen molar-refractivity contribution in [3.63, 3.8) is 0 Å². The van der Waals surface area contributed by atoms with Gasteiger partial charge in [-0.05, 0) is 25.0 Å². The van der Waals surface area contributed by atoms with Gasteiger partial charge in [0.25, 0.3) is 0 Å². The molecule has 128 valence electrons. The van der Waals surface area contributed by atoms with E-state index in [1.54, 1.807) is 12.1 Å². The van der Waals surface area contributed by atoms with Crippen molar-refractivity contribution in [3.05, 3.63) is 30.1 Å². The van der Waals surface area contributed by atoms with Crippen molar-refractivity contribution in [2.45, 2.75) is 43.3 Å². The first-order valence-corrected chi connectivity index (χ1v) is 9.00. The van der Waals surface area contributed by atoms with Gasteiger partial charge in [-0.3, -0.25) is 4.79 Å². The van der Waals surface area contributed by atoms with Crippen LogP contribution in [0.25, 0.3) is 11.4 Å². The summed E-state index contributed by atoms with van der Waals surface area (Å²) >= 11 is 1.22. The highest BCUT2D eigenvalue weighted by molar-refractivity contribution is 7.99. The molecule has 1 fully saturated rings. The number of thioether (sulfide) groups is 1. The van der Waals surface area contributed by atoms with Crippen molar-refractivity contribution in [1.29, 1.82) is 0 Å². The number of nitrogens with zero attached hydrogens (tertiary/aromatic N) is 3. The van der Waals surface area contributed by atoms with Gasteiger partial charge in [-0.1, -0.05) is 43.2 Å². The first-order chi connectivity index (χ1) is 11.6. The third kappa shape index (κ3) is 4.05. The van der Waals surface area contributed by atoms with Gasteiger partial charge in [0.2, 0.25) is 11.1 Å². The van der Waals surface area contributed by atoms with Gasteiger partial charge in [0.05, 0.1) is 5.75 Å². The summed E-state index contributed by atoms with van der Waals surface area (Å²) in [5.74, 6) is 6.18. The Morgan fingerprint density at radius 2 is 2.12 bits per heavy atom. The van der Waals surface area contributed by atoms with Crippen molar-refractivity contribution in [2.75, 3.05) is 11.6 Å². The molecule has 0 aliphatic heterocycles. The maximum atomic E-state index is 13.3. The molecule has 0 atom stereocenters. The molecule has 1 aromatic carbocycles. The lowest BCUT2D eigenvalue weighted by molar-refractivity contribution is -0.119. The first-order valence-electron chi connectivity index (χ1n) is 8.02. The highest BCUT2D eigenvalue weighted by Crippen LogP contribution is 2.22. The molecule has 0 spiro atoms. The summed E-state index contributed by atoms with van der Waals surface area (Å²) in [6.07, 6.45) is 5.69. The molecule has 1 amide bonds. The summed E-state index contributed by atoms with van der Waals surface area (Å²) in [7, 11) is 0. The Morgan fingerprint density at radius 3 is 2.88 bits per heavy atom. The SMILES string of the molecule is Nn1c(SCC(=O)NC2CCCCC2)nnc1-c1cccc(F)c1. The molecule has 24 heavy (non-hydrogen) atoms. The first kappa shape index (κ1) is 16.8. The number of nitrogens with one attached hydrogen (secondary N) is 1. The van der Waals surface area contributed by atoms with E-state index >= 15 is 0 Å². The molecular formula is C16H20FN5OS. The van der Waals surface area contributed by atoms with Gasteiger partial charge in [-0.25, -0.2) is 9.07 Å². The lowest BCUT2D eigenvalue weighted by atomic mass is 9.95. The maximum Gasteiger partial charge on any atom is 0.230 e. The summed E-state index contributed by atoms with van der Waals surface area (Å²) in [5, 5.41) is 11.4. The normalized spacial score (nSPS) is 15.4. The van der Waals surface area contributed by atoms with Crippen LogP contribution in [0.4, 0.5) is 4.39 Å². The highest BCUT2D eigenvalue weighted by Gasteiger charge is 2.17. The summed E-state index contributed by atoms with van der Waals surface area (Å²) in [6.45, 7) is 0. The van der Waals surface area contributed by atoms with Crippen LogP contribution in [0.15, 0.2) is 29.4 Å². The Hall–Kier alpha value is -2.09. The smallest absolute Gasteiger partial charge is 0.230 e. The number of carbonyl (C=O) groups is 1. The lowest BCUT2D eigenvalue weighted by Gasteiger charge is -2.22. The Labute approximate surface area is 144 Å². The zero-order chi connectivity index (χ0) is 16.9. The predicted octanol–water partition coefficient (Wildman–Crippen LogP) is 2.34. The lowest BCUT2D eigenvalue weighted by Crippen LogP contribution is -2.37. The molecule has 0 saturated heterocycles. The van der Waals surface area contributed by atoms with Crippen LogP contribution in [-0.4, -0.2) is 32.6 Å². The number of hydrogen-bond acceptors (Lipinski definition) is 5. The number of amides is 1. The molecule has 1 aliphatic carbocycles. The summed E-state index contributed by atoms with van der Waals surface area (Å²) in [5.41, 5.74) is 0.545. The minimum absolute atomic E-state index is 0.0257. The summed E-state index contributed by atoms with van der Waals surface area (Å²) < 4.78 is 14.6. The number of carbonyl (C=O) groups excluding carboxylic acids is 1. The summed E-state index contributed by atoms with van der Waals surface area (Å²) in [4.78, 5) is 12.0. The highest BCUT2D eigenvalue weighted by atomic mass is 32.2. The van der Waals surface area contributed by atoms with Crippen LogP contribution < -0.4 is 11.2 Å². The number of aromatic nitrogens is 3. The largest absolute Gasteiger partial charge is 0.353 e. The van der Waals surface area contributed by atoms with E-state index in [0.717, 1.165) is 12.8 Å². The van der Waals surface area contributed by atoms with Crippen LogP contribution >= 0.6 is 11.8 Å². The third-order valence-electron chi connectivity index (χ3n) is 4.05. The van der Waals surface area contributed by atoms with Gasteiger partial charge in [-0.15, -0.1) is 10.2 Å².